The standard InChI is InChI=1S/C17H22N4O/c1-10-5-4-6-13(11(10)2)12(3)19-17(22)16-14-9-18-8-7-15(14)20-21-16/h4-6,12,18H,7-9H2,1-3H3,(H,19,22)(H,20,21). The number of carbonyl (C=O) groups is 1. The molecule has 0 radical (unpaired) electrons. The fraction of sp³-hybridized carbons (Fsp3) is 0.412. The van der Waals surface area contributed by atoms with E-state index in [1.807, 2.05) is 13.0 Å². The summed E-state index contributed by atoms with van der Waals surface area (Å²) in [5.74, 6) is -0.116. The Morgan fingerprint density at radius 2 is 2.18 bits per heavy atom. The van der Waals surface area contributed by atoms with Crippen molar-refractivity contribution >= 4 is 5.91 Å². The Hall–Kier alpha value is -2.14. The topological polar surface area (TPSA) is 69.8 Å². The quantitative estimate of drug-likeness (QED) is 0.813. The van der Waals surface area contributed by atoms with Crippen molar-refractivity contribution in [1.82, 2.24) is 20.8 Å². The molecule has 5 heteroatoms. The largest absolute Gasteiger partial charge is 0.344 e. The van der Waals surface area contributed by atoms with Gasteiger partial charge in [-0.3, -0.25) is 9.89 Å². The minimum Gasteiger partial charge on any atom is -0.344 e. The van der Waals surface area contributed by atoms with E-state index in [1.165, 1.54) is 11.1 Å². The maximum absolute atomic E-state index is 12.5. The average Bonchev–Trinajstić information content (AvgIpc) is 2.94. The number of H-pyrrole nitrogens is 1. The minimum absolute atomic E-state index is 0.0451. The van der Waals surface area contributed by atoms with Crippen molar-refractivity contribution in [3.8, 4) is 0 Å². The smallest absolute Gasteiger partial charge is 0.272 e. The number of nitrogens with one attached hydrogen (secondary N) is 3. The van der Waals surface area contributed by atoms with Crippen LogP contribution >= 0.6 is 0 Å². The van der Waals surface area contributed by atoms with Crippen molar-refractivity contribution in [3.63, 3.8) is 0 Å². The van der Waals surface area contributed by atoms with Crippen LogP contribution in [-0.2, 0) is 13.0 Å². The second-order valence-corrected chi connectivity index (χ2v) is 5.94. The number of carbonyl (C=O) groups excluding carboxylic acids is 1. The summed E-state index contributed by atoms with van der Waals surface area (Å²) in [4.78, 5) is 12.5. The molecule has 22 heavy (non-hydrogen) atoms. The highest BCUT2D eigenvalue weighted by atomic mass is 16.2. The molecule has 116 valence electrons. The van der Waals surface area contributed by atoms with Gasteiger partial charge < -0.3 is 10.6 Å². The molecule has 0 spiro atoms. The molecule has 1 atom stereocenters. The maximum atomic E-state index is 12.5. The van der Waals surface area contributed by atoms with E-state index in [1.54, 1.807) is 0 Å². The van der Waals surface area contributed by atoms with E-state index in [-0.39, 0.29) is 11.9 Å². The van der Waals surface area contributed by atoms with Crippen molar-refractivity contribution in [2.45, 2.75) is 39.8 Å². The van der Waals surface area contributed by atoms with Crippen LogP contribution in [0, 0.1) is 13.8 Å². The van der Waals surface area contributed by atoms with Crippen molar-refractivity contribution < 1.29 is 4.79 Å². The van der Waals surface area contributed by atoms with E-state index >= 15 is 0 Å². The van der Waals surface area contributed by atoms with Crippen LogP contribution in [0.4, 0.5) is 0 Å². The van der Waals surface area contributed by atoms with Crippen molar-refractivity contribution in [3.05, 3.63) is 51.8 Å². The van der Waals surface area contributed by atoms with Crippen LogP contribution in [0.5, 0.6) is 0 Å². The third-order valence-corrected chi connectivity index (χ3v) is 4.48. The Kier molecular flexibility index (Phi) is 3.98. The number of benzene rings is 1. The lowest BCUT2D eigenvalue weighted by molar-refractivity contribution is 0.0933. The summed E-state index contributed by atoms with van der Waals surface area (Å²) in [5.41, 5.74) is 6.19. The number of hydrogen-bond acceptors (Lipinski definition) is 3. The van der Waals surface area contributed by atoms with Gasteiger partial charge in [0.1, 0.15) is 0 Å². The molecule has 0 saturated heterocycles. The Balaban J connectivity index is 1.79. The molecule has 2 heterocycles. The lowest BCUT2D eigenvalue weighted by Gasteiger charge is -2.18. The van der Waals surface area contributed by atoms with Crippen LogP contribution in [0.15, 0.2) is 18.2 Å². The highest BCUT2D eigenvalue weighted by molar-refractivity contribution is 5.94. The maximum Gasteiger partial charge on any atom is 0.272 e. The van der Waals surface area contributed by atoms with Gasteiger partial charge in [-0.1, -0.05) is 18.2 Å². The van der Waals surface area contributed by atoms with Gasteiger partial charge in [0.05, 0.1) is 6.04 Å². The predicted molar refractivity (Wildman–Crippen MR) is 85.8 cm³/mol. The molecule has 0 saturated carbocycles. The first-order chi connectivity index (χ1) is 10.6. The van der Waals surface area contributed by atoms with Gasteiger partial charge in [0.15, 0.2) is 5.69 Å². The van der Waals surface area contributed by atoms with E-state index in [4.69, 9.17) is 0 Å². The molecular formula is C17H22N4O. The predicted octanol–water partition coefficient (Wildman–Crippen LogP) is 2.16. The van der Waals surface area contributed by atoms with Gasteiger partial charge >= 0.3 is 0 Å². The molecule has 1 aromatic heterocycles. The number of nitrogens with zero attached hydrogens (tertiary/aromatic N) is 1. The van der Waals surface area contributed by atoms with Crippen LogP contribution in [0.25, 0.3) is 0 Å². The normalized spacial score (nSPS) is 15.2. The SMILES string of the molecule is Cc1cccc(C(C)NC(=O)c2n[nH]c3c2CNCC3)c1C. The number of fused-ring (bicyclic) bond motifs is 1. The first kappa shape index (κ1) is 14.8. The zero-order valence-corrected chi connectivity index (χ0v) is 13.3. The molecule has 1 aromatic carbocycles. The van der Waals surface area contributed by atoms with Crippen molar-refractivity contribution in [2.75, 3.05) is 6.54 Å². The third kappa shape index (κ3) is 2.64. The zero-order valence-electron chi connectivity index (χ0n) is 13.3. The van der Waals surface area contributed by atoms with Gasteiger partial charge in [0.25, 0.3) is 5.91 Å². The minimum atomic E-state index is -0.116. The second-order valence-electron chi connectivity index (χ2n) is 5.94. The van der Waals surface area contributed by atoms with Gasteiger partial charge in [-0.05, 0) is 37.5 Å². The summed E-state index contributed by atoms with van der Waals surface area (Å²) in [6.07, 6.45) is 0.891. The summed E-state index contributed by atoms with van der Waals surface area (Å²) in [7, 11) is 0. The lowest BCUT2D eigenvalue weighted by Crippen LogP contribution is -2.30. The number of amides is 1. The number of aryl methyl sites for hydroxylation is 1. The fourth-order valence-corrected chi connectivity index (χ4v) is 3.00. The molecule has 0 aliphatic carbocycles. The molecule has 2 aromatic rings. The van der Waals surface area contributed by atoms with E-state index in [0.29, 0.717) is 12.2 Å². The average molecular weight is 298 g/mol. The molecule has 1 unspecified atom stereocenters. The van der Waals surface area contributed by atoms with Gasteiger partial charge in [0.2, 0.25) is 0 Å². The van der Waals surface area contributed by atoms with Gasteiger partial charge in [-0.25, -0.2) is 0 Å². The first-order valence-electron chi connectivity index (χ1n) is 7.71. The Morgan fingerprint density at radius 3 is 3.00 bits per heavy atom. The van der Waals surface area contributed by atoms with Crippen LogP contribution in [0.1, 0.15) is 51.4 Å². The molecule has 0 fully saturated rings. The molecule has 1 aliphatic heterocycles. The van der Waals surface area contributed by atoms with E-state index in [0.717, 1.165) is 29.8 Å². The Morgan fingerprint density at radius 1 is 1.36 bits per heavy atom. The van der Waals surface area contributed by atoms with E-state index < -0.39 is 0 Å². The Labute approximate surface area is 130 Å². The van der Waals surface area contributed by atoms with Crippen molar-refractivity contribution in [1.29, 1.82) is 0 Å². The fourth-order valence-electron chi connectivity index (χ4n) is 3.00. The van der Waals surface area contributed by atoms with Gasteiger partial charge in [-0.15, -0.1) is 0 Å². The summed E-state index contributed by atoms with van der Waals surface area (Å²) >= 11 is 0. The lowest BCUT2D eigenvalue weighted by atomic mass is 9.98. The van der Waals surface area contributed by atoms with Crippen molar-refractivity contribution in [2.24, 2.45) is 0 Å². The number of aromatic amines is 1. The second kappa shape index (κ2) is 5.93. The highest BCUT2D eigenvalue weighted by Gasteiger charge is 2.23. The number of rotatable bonds is 3. The molecule has 1 amide bonds. The zero-order chi connectivity index (χ0) is 15.7. The molecule has 3 N–H and O–H groups in total. The Bertz CT molecular complexity index is 705. The third-order valence-electron chi connectivity index (χ3n) is 4.48. The summed E-state index contributed by atoms with van der Waals surface area (Å²) in [6, 6.07) is 6.13. The van der Waals surface area contributed by atoms with Gasteiger partial charge in [0, 0.05) is 30.8 Å². The summed E-state index contributed by atoms with van der Waals surface area (Å²) in [6.45, 7) is 7.81. The molecule has 3 rings (SSSR count). The van der Waals surface area contributed by atoms with Crippen LogP contribution < -0.4 is 10.6 Å². The van der Waals surface area contributed by atoms with Crippen LogP contribution in [0.2, 0.25) is 0 Å². The van der Waals surface area contributed by atoms with Gasteiger partial charge in [-0.2, -0.15) is 5.10 Å². The van der Waals surface area contributed by atoms with Crippen LogP contribution in [0.3, 0.4) is 0 Å². The molecule has 5 nitrogen and oxygen atoms in total. The van der Waals surface area contributed by atoms with E-state index in [2.05, 4.69) is 46.8 Å². The summed E-state index contributed by atoms with van der Waals surface area (Å²) in [5, 5.41) is 13.5. The number of aromatic nitrogens is 2. The summed E-state index contributed by atoms with van der Waals surface area (Å²) < 4.78 is 0. The molecule has 1 aliphatic rings. The molecule has 0 bridgehead atoms. The monoisotopic (exact) mass is 298 g/mol. The molecular weight excluding hydrogens is 276 g/mol. The van der Waals surface area contributed by atoms with E-state index in [9.17, 15) is 4.79 Å². The number of hydrogen-bond donors (Lipinski definition) is 3. The van der Waals surface area contributed by atoms with Crippen LogP contribution in [-0.4, -0.2) is 22.6 Å². The highest BCUT2D eigenvalue weighted by Crippen LogP contribution is 2.21. The first-order valence-corrected chi connectivity index (χ1v) is 7.71.